The lowest BCUT2D eigenvalue weighted by molar-refractivity contribution is -0.147. The second-order valence-electron chi connectivity index (χ2n) is 8.06. The van der Waals surface area contributed by atoms with Crippen LogP contribution in [-0.2, 0) is 25.7 Å². The molecule has 0 saturated carbocycles. The Hall–Kier alpha value is -4.33. The first-order valence-corrected chi connectivity index (χ1v) is 11.2. The zero-order valence-corrected chi connectivity index (χ0v) is 19.3. The smallest absolute Gasteiger partial charge is 0.414 e. The fourth-order valence-corrected chi connectivity index (χ4v) is 3.60. The predicted octanol–water partition coefficient (Wildman–Crippen LogP) is 3.94. The van der Waals surface area contributed by atoms with E-state index in [2.05, 4.69) is 5.32 Å². The Morgan fingerprint density at radius 2 is 1.63 bits per heavy atom. The van der Waals surface area contributed by atoms with Crippen LogP contribution in [0, 0.1) is 0 Å². The van der Waals surface area contributed by atoms with Crippen LogP contribution in [-0.4, -0.2) is 43.8 Å². The second kappa shape index (κ2) is 11.2. The van der Waals surface area contributed by atoms with E-state index in [0.717, 1.165) is 22.4 Å². The van der Waals surface area contributed by atoms with Crippen LogP contribution in [0.5, 0.6) is 5.75 Å². The standard InChI is InChI=1S/C27H26N2O6/c1-19(30)28-15-25-16-29(27(32)35-25)23-11-7-21(8-12-23)22-9-13-24(14-10-22)33-18-26(31)34-17-20-5-3-2-4-6-20/h2-14,25H,15-18H2,1H3,(H,28,30)/t25-/m0/s1. The van der Waals surface area contributed by atoms with Crippen LogP contribution in [0.25, 0.3) is 11.1 Å². The summed E-state index contributed by atoms with van der Waals surface area (Å²) in [6, 6.07) is 24.4. The number of carbonyl (C=O) groups is 3. The summed E-state index contributed by atoms with van der Waals surface area (Å²) in [6.07, 6.45) is -0.814. The lowest BCUT2D eigenvalue weighted by Gasteiger charge is -2.14. The maximum atomic E-state index is 12.2. The van der Waals surface area contributed by atoms with Gasteiger partial charge in [-0.1, -0.05) is 54.6 Å². The van der Waals surface area contributed by atoms with Crippen molar-refractivity contribution in [2.75, 3.05) is 24.6 Å². The van der Waals surface area contributed by atoms with Crippen molar-refractivity contribution in [3.05, 3.63) is 84.4 Å². The molecule has 1 aliphatic heterocycles. The maximum absolute atomic E-state index is 12.2. The van der Waals surface area contributed by atoms with E-state index in [0.29, 0.717) is 12.3 Å². The van der Waals surface area contributed by atoms with Gasteiger partial charge >= 0.3 is 12.1 Å². The average molecular weight is 475 g/mol. The van der Waals surface area contributed by atoms with Crippen LogP contribution in [0.15, 0.2) is 78.9 Å². The summed E-state index contributed by atoms with van der Waals surface area (Å²) < 4.78 is 16.1. The number of benzene rings is 3. The molecule has 35 heavy (non-hydrogen) atoms. The molecule has 2 amide bonds. The van der Waals surface area contributed by atoms with Gasteiger partial charge in [0, 0.05) is 12.6 Å². The number of amides is 2. The molecular formula is C27H26N2O6. The van der Waals surface area contributed by atoms with Crippen LogP contribution in [0.2, 0.25) is 0 Å². The van der Waals surface area contributed by atoms with Gasteiger partial charge in [0.05, 0.1) is 13.1 Å². The molecule has 0 bridgehead atoms. The minimum absolute atomic E-state index is 0.164. The van der Waals surface area contributed by atoms with E-state index in [1.54, 1.807) is 17.0 Å². The normalized spacial score (nSPS) is 14.8. The highest BCUT2D eigenvalue weighted by Crippen LogP contribution is 2.27. The van der Waals surface area contributed by atoms with Crippen LogP contribution in [0.4, 0.5) is 10.5 Å². The number of hydrogen-bond donors (Lipinski definition) is 1. The van der Waals surface area contributed by atoms with E-state index >= 15 is 0 Å². The molecule has 3 aromatic rings. The second-order valence-corrected chi connectivity index (χ2v) is 8.06. The molecule has 0 unspecified atom stereocenters. The zero-order valence-electron chi connectivity index (χ0n) is 19.3. The molecule has 1 atom stereocenters. The highest BCUT2D eigenvalue weighted by atomic mass is 16.6. The molecule has 8 nitrogen and oxygen atoms in total. The summed E-state index contributed by atoms with van der Waals surface area (Å²) >= 11 is 0. The van der Waals surface area contributed by atoms with Crippen molar-refractivity contribution in [2.45, 2.75) is 19.6 Å². The highest BCUT2D eigenvalue weighted by Gasteiger charge is 2.32. The van der Waals surface area contributed by atoms with Crippen molar-refractivity contribution < 1.29 is 28.6 Å². The van der Waals surface area contributed by atoms with Crippen LogP contribution in [0.3, 0.4) is 0 Å². The lowest BCUT2D eigenvalue weighted by atomic mass is 10.1. The molecule has 4 rings (SSSR count). The Bertz CT molecular complexity index is 1160. The van der Waals surface area contributed by atoms with Crippen molar-refractivity contribution in [3.63, 3.8) is 0 Å². The number of carbonyl (C=O) groups excluding carboxylic acids is 3. The molecule has 1 heterocycles. The minimum atomic E-state index is -0.437. The number of hydrogen-bond acceptors (Lipinski definition) is 6. The van der Waals surface area contributed by atoms with Gasteiger partial charge in [-0.25, -0.2) is 9.59 Å². The van der Waals surface area contributed by atoms with Gasteiger partial charge in [-0.3, -0.25) is 9.69 Å². The summed E-state index contributed by atoms with van der Waals surface area (Å²) in [7, 11) is 0. The molecule has 8 heteroatoms. The number of anilines is 1. The summed E-state index contributed by atoms with van der Waals surface area (Å²) in [6.45, 7) is 2.12. The largest absolute Gasteiger partial charge is 0.482 e. The van der Waals surface area contributed by atoms with Crippen molar-refractivity contribution >= 4 is 23.7 Å². The van der Waals surface area contributed by atoms with Crippen molar-refractivity contribution in [1.29, 1.82) is 0 Å². The molecule has 0 radical (unpaired) electrons. The SMILES string of the molecule is CC(=O)NC[C@H]1CN(c2ccc(-c3ccc(OCC(=O)OCc4ccccc4)cc3)cc2)C(=O)O1. The van der Waals surface area contributed by atoms with Crippen molar-refractivity contribution in [1.82, 2.24) is 5.32 Å². The van der Waals surface area contributed by atoms with Crippen molar-refractivity contribution in [2.24, 2.45) is 0 Å². The first kappa shape index (κ1) is 23.8. The van der Waals surface area contributed by atoms with Gasteiger partial charge in [0.25, 0.3) is 0 Å². The average Bonchev–Trinajstić information content (AvgIpc) is 3.26. The quantitative estimate of drug-likeness (QED) is 0.472. The zero-order chi connectivity index (χ0) is 24.6. The van der Waals surface area contributed by atoms with E-state index in [1.807, 2.05) is 66.7 Å². The van der Waals surface area contributed by atoms with Crippen LogP contribution in [0.1, 0.15) is 12.5 Å². The molecule has 1 saturated heterocycles. The summed E-state index contributed by atoms with van der Waals surface area (Å²) in [4.78, 5) is 36.7. The molecule has 1 aliphatic rings. The highest BCUT2D eigenvalue weighted by molar-refractivity contribution is 5.90. The molecule has 0 spiro atoms. The molecule has 1 N–H and O–H groups in total. The van der Waals surface area contributed by atoms with Gasteiger partial charge in [0.2, 0.25) is 5.91 Å². The Kier molecular flexibility index (Phi) is 7.62. The van der Waals surface area contributed by atoms with Gasteiger partial charge in [0.1, 0.15) is 18.5 Å². The first-order chi connectivity index (χ1) is 17.0. The Balaban J connectivity index is 1.28. The van der Waals surface area contributed by atoms with Gasteiger partial charge < -0.3 is 19.5 Å². The topological polar surface area (TPSA) is 94.2 Å². The van der Waals surface area contributed by atoms with Crippen molar-refractivity contribution in [3.8, 4) is 16.9 Å². The molecule has 0 aromatic heterocycles. The summed E-state index contributed by atoms with van der Waals surface area (Å²) in [5, 5.41) is 2.66. The lowest BCUT2D eigenvalue weighted by Crippen LogP contribution is -2.33. The fourth-order valence-electron chi connectivity index (χ4n) is 3.60. The number of ether oxygens (including phenoxy) is 3. The number of cyclic esters (lactones) is 1. The fraction of sp³-hybridized carbons (Fsp3) is 0.222. The first-order valence-electron chi connectivity index (χ1n) is 11.2. The Labute approximate surface area is 203 Å². The minimum Gasteiger partial charge on any atom is -0.482 e. The third-order valence-electron chi connectivity index (χ3n) is 5.42. The van der Waals surface area contributed by atoms with E-state index < -0.39 is 12.1 Å². The number of nitrogens with zero attached hydrogens (tertiary/aromatic N) is 1. The summed E-state index contributed by atoms with van der Waals surface area (Å²) in [5.41, 5.74) is 3.56. The monoisotopic (exact) mass is 474 g/mol. The number of nitrogens with one attached hydrogen (secondary N) is 1. The van der Waals surface area contributed by atoms with E-state index in [1.165, 1.54) is 6.92 Å². The predicted molar refractivity (Wildman–Crippen MR) is 130 cm³/mol. The van der Waals surface area contributed by atoms with Gasteiger partial charge in [0.15, 0.2) is 6.61 Å². The van der Waals surface area contributed by atoms with E-state index in [9.17, 15) is 14.4 Å². The molecule has 0 aliphatic carbocycles. The van der Waals surface area contributed by atoms with E-state index in [4.69, 9.17) is 14.2 Å². The van der Waals surface area contributed by atoms with Gasteiger partial charge in [-0.15, -0.1) is 0 Å². The third-order valence-corrected chi connectivity index (χ3v) is 5.42. The van der Waals surface area contributed by atoms with Gasteiger partial charge in [-0.05, 0) is 41.0 Å². The maximum Gasteiger partial charge on any atom is 0.414 e. The Morgan fingerprint density at radius 3 is 2.29 bits per heavy atom. The van der Waals surface area contributed by atoms with Gasteiger partial charge in [-0.2, -0.15) is 0 Å². The van der Waals surface area contributed by atoms with Crippen LogP contribution >= 0.6 is 0 Å². The molecular weight excluding hydrogens is 448 g/mol. The summed E-state index contributed by atoms with van der Waals surface area (Å²) in [5.74, 6) is -0.0383. The third kappa shape index (κ3) is 6.60. The molecule has 3 aromatic carbocycles. The Morgan fingerprint density at radius 1 is 0.971 bits per heavy atom. The number of esters is 1. The van der Waals surface area contributed by atoms with Crippen LogP contribution < -0.4 is 15.0 Å². The number of rotatable bonds is 9. The van der Waals surface area contributed by atoms with E-state index in [-0.39, 0.29) is 31.8 Å². The molecule has 1 fully saturated rings. The molecule has 180 valence electrons.